The summed E-state index contributed by atoms with van der Waals surface area (Å²) in [5.74, 6) is 7.84. The third-order valence-electron chi connectivity index (χ3n) is 7.17. The Kier molecular flexibility index (Phi) is 7.46. The SMILES string of the molecule is COC(=O)c1ccc2c3c(NCCCCN4CCCC4)nc(Cc4cccc(OC)c4)cc3n(N)c2c1. The van der Waals surface area contributed by atoms with Crippen molar-refractivity contribution in [3.05, 3.63) is 65.4 Å². The van der Waals surface area contributed by atoms with Crippen LogP contribution in [0.1, 0.15) is 47.3 Å². The average molecular weight is 502 g/mol. The lowest BCUT2D eigenvalue weighted by atomic mass is 10.1. The third-order valence-corrected chi connectivity index (χ3v) is 7.17. The standard InChI is InChI=1S/C29H35N5O3/c1-36-23-9-7-8-20(17-23)16-22-19-26-27(24-11-10-21(29(35)37-2)18-25(24)34(26)30)28(32-22)31-12-3-4-13-33-14-5-6-15-33/h7-11,17-19H,3-6,12-16,30H2,1-2H3,(H,31,32). The Hall–Kier alpha value is -3.78. The quantitative estimate of drug-likeness (QED) is 0.187. The van der Waals surface area contributed by atoms with Crippen molar-refractivity contribution in [3.63, 3.8) is 0 Å². The summed E-state index contributed by atoms with van der Waals surface area (Å²) in [4.78, 5) is 19.7. The van der Waals surface area contributed by atoms with E-state index in [1.165, 1.54) is 33.0 Å². The van der Waals surface area contributed by atoms with Crippen LogP contribution in [0.15, 0.2) is 48.5 Å². The minimum atomic E-state index is -0.389. The Balaban J connectivity index is 1.48. The molecule has 0 bridgehead atoms. The van der Waals surface area contributed by atoms with E-state index in [2.05, 4.69) is 16.3 Å². The van der Waals surface area contributed by atoms with Gasteiger partial charge < -0.3 is 25.5 Å². The summed E-state index contributed by atoms with van der Waals surface area (Å²) in [6.07, 6.45) is 5.50. The van der Waals surface area contributed by atoms with Gasteiger partial charge in [0.15, 0.2) is 0 Å². The van der Waals surface area contributed by atoms with E-state index >= 15 is 0 Å². The molecule has 4 aromatic rings. The van der Waals surface area contributed by atoms with E-state index in [-0.39, 0.29) is 5.97 Å². The molecule has 0 atom stereocenters. The van der Waals surface area contributed by atoms with E-state index in [1.54, 1.807) is 23.9 Å². The van der Waals surface area contributed by atoms with E-state index in [0.717, 1.165) is 70.6 Å². The Bertz CT molecular complexity index is 1410. The number of nitrogens with zero attached hydrogens (tertiary/aromatic N) is 3. The van der Waals surface area contributed by atoms with Crippen LogP contribution in [0.4, 0.5) is 5.82 Å². The molecule has 1 fully saturated rings. The maximum atomic E-state index is 12.1. The number of unbranched alkanes of at least 4 members (excludes halogenated alkanes) is 1. The zero-order chi connectivity index (χ0) is 25.8. The summed E-state index contributed by atoms with van der Waals surface area (Å²) in [6, 6.07) is 15.5. The number of rotatable bonds is 10. The maximum absolute atomic E-state index is 12.1. The number of methoxy groups -OCH3 is 2. The summed E-state index contributed by atoms with van der Waals surface area (Å²) < 4.78 is 12.0. The number of benzene rings is 2. The molecule has 0 aliphatic carbocycles. The Morgan fingerprint density at radius 2 is 1.89 bits per heavy atom. The van der Waals surface area contributed by atoms with Gasteiger partial charge in [0.05, 0.1) is 36.2 Å². The highest BCUT2D eigenvalue weighted by molar-refractivity contribution is 6.14. The highest BCUT2D eigenvalue weighted by atomic mass is 16.5. The molecule has 3 N–H and O–H groups in total. The van der Waals surface area contributed by atoms with E-state index in [4.69, 9.17) is 20.3 Å². The van der Waals surface area contributed by atoms with Gasteiger partial charge in [0.25, 0.3) is 0 Å². The smallest absolute Gasteiger partial charge is 0.337 e. The summed E-state index contributed by atoms with van der Waals surface area (Å²) in [6.45, 7) is 4.44. The van der Waals surface area contributed by atoms with Crippen LogP contribution in [-0.2, 0) is 11.2 Å². The van der Waals surface area contributed by atoms with Crippen molar-refractivity contribution in [1.82, 2.24) is 14.6 Å². The fraction of sp³-hybridized carbons (Fsp3) is 0.379. The molecule has 2 aromatic heterocycles. The fourth-order valence-electron chi connectivity index (χ4n) is 5.24. The van der Waals surface area contributed by atoms with Gasteiger partial charge >= 0.3 is 5.97 Å². The first-order valence-electron chi connectivity index (χ1n) is 13.0. The highest BCUT2D eigenvalue weighted by Crippen LogP contribution is 2.34. The molecule has 5 rings (SSSR count). The molecule has 1 aliphatic heterocycles. The number of nitrogens with one attached hydrogen (secondary N) is 1. The molecule has 2 aromatic carbocycles. The summed E-state index contributed by atoms with van der Waals surface area (Å²) in [5, 5.41) is 5.51. The highest BCUT2D eigenvalue weighted by Gasteiger charge is 2.18. The van der Waals surface area contributed by atoms with Crippen molar-refractivity contribution in [2.45, 2.75) is 32.1 Å². The van der Waals surface area contributed by atoms with Crippen molar-refractivity contribution in [2.24, 2.45) is 0 Å². The van der Waals surface area contributed by atoms with Crippen LogP contribution in [0.5, 0.6) is 5.75 Å². The van der Waals surface area contributed by atoms with E-state index < -0.39 is 0 Å². The second-order valence-corrected chi connectivity index (χ2v) is 9.66. The van der Waals surface area contributed by atoms with Gasteiger partial charge in [-0.05, 0) is 81.2 Å². The number of nitrogen functional groups attached to an aromatic ring is 1. The number of nitrogens with two attached hydrogens (primary N) is 1. The van der Waals surface area contributed by atoms with Crippen LogP contribution in [-0.4, -0.2) is 60.9 Å². The van der Waals surface area contributed by atoms with Crippen LogP contribution in [0.25, 0.3) is 21.8 Å². The number of ether oxygens (including phenoxy) is 2. The Morgan fingerprint density at radius 3 is 2.68 bits per heavy atom. The van der Waals surface area contributed by atoms with Crippen molar-refractivity contribution < 1.29 is 14.3 Å². The van der Waals surface area contributed by atoms with Gasteiger partial charge in [-0.25, -0.2) is 9.78 Å². The van der Waals surface area contributed by atoms with E-state index in [0.29, 0.717) is 12.0 Å². The van der Waals surface area contributed by atoms with Gasteiger partial charge in [-0.3, -0.25) is 4.68 Å². The topological polar surface area (TPSA) is 94.6 Å². The summed E-state index contributed by atoms with van der Waals surface area (Å²) >= 11 is 0. The van der Waals surface area contributed by atoms with Gasteiger partial charge in [-0.2, -0.15) is 0 Å². The number of aromatic nitrogens is 2. The monoisotopic (exact) mass is 501 g/mol. The van der Waals surface area contributed by atoms with Crippen LogP contribution >= 0.6 is 0 Å². The lowest BCUT2D eigenvalue weighted by Crippen LogP contribution is -2.21. The number of esters is 1. The number of carbonyl (C=O) groups is 1. The Morgan fingerprint density at radius 1 is 1.05 bits per heavy atom. The number of fused-ring (bicyclic) bond motifs is 3. The van der Waals surface area contributed by atoms with Crippen molar-refractivity contribution >= 4 is 33.6 Å². The van der Waals surface area contributed by atoms with Gasteiger partial charge in [0, 0.05) is 24.0 Å². The van der Waals surface area contributed by atoms with Crippen molar-refractivity contribution in [2.75, 3.05) is 51.6 Å². The van der Waals surface area contributed by atoms with Gasteiger partial charge in [0.1, 0.15) is 11.6 Å². The van der Waals surface area contributed by atoms with Gasteiger partial charge in [0.2, 0.25) is 0 Å². The van der Waals surface area contributed by atoms with Crippen LogP contribution in [0.2, 0.25) is 0 Å². The van der Waals surface area contributed by atoms with Crippen LogP contribution in [0, 0.1) is 0 Å². The molecule has 0 radical (unpaired) electrons. The number of hydrogen-bond donors (Lipinski definition) is 2. The van der Waals surface area contributed by atoms with Crippen molar-refractivity contribution in [3.8, 4) is 5.75 Å². The lowest BCUT2D eigenvalue weighted by Gasteiger charge is -2.15. The summed E-state index contributed by atoms with van der Waals surface area (Å²) in [7, 11) is 3.05. The normalized spacial score (nSPS) is 13.9. The number of carbonyl (C=O) groups excluding carboxylic acids is 1. The van der Waals surface area contributed by atoms with Gasteiger partial charge in [-0.1, -0.05) is 18.2 Å². The molecular weight excluding hydrogens is 466 g/mol. The molecule has 37 heavy (non-hydrogen) atoms. The molecule has 8 nitrogen and oxygen atoms in total. The maximum Gasteiger partial charge on any atom is 0.337 e. The Labute approximate surface area is 217 Å². The number of likely N-dealkylation sites (tertiary alicyclic amines) is 1. The molecule has 1 saturated heterocycles. The lowest BCUT2D eigenvalue weighted by molar-refractivity contribution is 0.0601. The molecule has 0 unspecified atom stereocenters. The predicted molar refractivity (Wildman–Crippen MR) is 148 cm³/mol. The van der Waals surface area contributed by atoms with Gasteiger partial charge in [-0.15, -0.1) is 0 Å². The number of hydrogen-bond acceptors (Lipinski definition) is 7. The van der Waals surface area contributed by atoms with Crippen LogP contribution < -0.4 is 15.9 Å². The third kappa shape index (κ3) is 5.34. The number of anilines is 1. The molecule has 8 heteroatoms. The fourth-order valence-corrected chi connectivity index (χ4v) is 5.24. The first-order chi connectivity index (χ1) is 18.1. The van der Waals surface area contributed by atoms with E-state index in [9.17, 15) is 4.79 Å². The molecule has 3 heterocycles. The van der Waals surface area contributed by atoms with Crippen LogP contribution in [0.3, 0.4) is 0 Å². The van der Waals surface area contributed by atoms with E-state index in [1.807, 2.05) is 30.3 Å². The zero-order valence-electron chi connectivity index (χ0n) is 21.6. The minimum Gasteiger partial charge on any atom is -0.497 e. The molecule has 0 amide bonds. The summed E-state index contributed by atoms with van der Waals surface area (Å²) in [5.41, 5.74) is 4.10. The first kappa shape index (κ1) is 24.9. The number of pyridine rings is 1. The minimum absolute atomic E-state index is 0.389. The molecule has 0 spiro atoms. The first-order valence-corrected chi connectivity index (χ1v) is 13.0. The molecule has 194 valence electrons. The van der Waals surface area contributed by atoms with Crippen molar-refractivity contribution in [1.29, 1.82) is 0 Å². The largest absolute Gasteiger partial charge is 0.497 e. The predicted octanol–water partition coefficient (Wildman–Crippen LogP) is 4.58. The second kappa shape index (κ2) is 11.1. The second-order valence-electron chi connectivity index (χ2n) is 9.66. The molecule has 1 aliphatic rings. The average Bonchev–Trinajstić information content (AvgIpc) is 3.54. The molecular formula is C29H35N5O3. The molecule has 0 saturated carbocycles. The zero-order valence-corrected chi connectivity index (χ0v) is 21.6.